The summed E-state index contributed by atoms with van der Waals surface area (Å²) >= 11 is 0. The molecular formula is C16H15N3O2. The Bertz CT molecular complexity index is 761. The minimum Gasteiger partial charge on any atom is -0.492 e. The van der Waals surface area contributed by atoms with Crippen molar-refractivity contribution in [2.24, 2.45) is 0 Å². The van der Waals surface area contributed by atoms with Crippen LogP contribution in [0.1, 0.15) is 24.2 Å². The van der Waals surface area contributed by atoms with Crippen LogP contribution in [0.15, 0.2) is 49.1 Å². The predicted molar refractivity (Wildman–Crippen MR) is 79.0 cm³/mol. The van der Waals surface area contributed by atoms with Gasteiger partial charge in [0.1, 0.15) is 11.9 Å². The molecular weight excluding hydrogens is 266 g/mol. The Labute approximate surface area is 122 Å². The molecule has 1 unspecified atom stereocenters. The lowest BCUT2D eigenvalue weighted by Gasteiger charge is -2.13. The third-order valence-electron chi connectivity index (χ3n) is 3.17. The molecule has 0 bridgehead atoms. The van der Waals surface area contributed by atoms with Gasteiger partial charge in [0.15, 0.2) is 0 Å². The van der Waals surface area contributed by atoms with Gasteiger partial charge in [-0.2, -0.15) is 0 Å². The number of aliphatic hydroxyl groups is 1. The fourth-order valence-electron chi connectivity index (χ4n) is 2.17. The van der Waals surface area contributed by atoms with E-state index in [-0.39, 0.29) is 0 Å². The number of fused-ring (bicyclic) bond motifs is 1. The van der Waals surface area contributed by atoms with Gasteiger partial charge < -0.3 is 9.84 Å². The second-order valence-electron chi connectivity index (χ2n) is 4.59. The van der Waals surface area contributed by atoms with Crippen LogP contribution in [0.5, 0.6) is 5.75 Å². The summed E-state index contributed by atoms with van der Waals surface area (Å²) in [4.78, 5) is 12.6. The van der Waals surface area contributed by atoms with Crippen LogP contribution in [0.2, 0.25) is 0 Å². The Morgan fingerprint density at radius 1 is 1.05 bits per heavy atom. The molecule has 2 aromatic heterocycles. The second kappa shape index (κ2) is 5.85. The highest BCUT2D eigenvalue weighted by Gasteiger charge is 2.13. The van der Waals surface area contributed by atoms with Gasteiger partial charge >= 0.3 is 0 Å². The van der Waals surface area contributed by atoms with E-state index < -0.39 is 6.10 Å². The lowest BCUT2D eigenvalue weighted by Crippen LogP contribution is -2.02. The molecule has 21 heavy (non-hydrogen) atoms. The molecule has 0 saturated carbocycles. The summed E-state index contributed by atoms with van der Waals surface area (Å²) in [5.74, 6) is 0.648. The second-order valence-corrected chi connectivity index (χ2v) is 4.59. The highest BCUT2D eigenvalue weighted by molar-refractivity contribution is 5.74. The van der Waals surface area contributed by atoms with Crippen molar-refractivity contribution in [1.29, 1.82) is 0 Å². The molecule has 0 radical (unpaired) electrons. The number of pyridine rings is 1. The van der Waals surface area contributed by atoms with E-state index in [1.807, 2.05) is 25.1 Å². The van der Waals surface area contributed by atoms with Gasteiger partial charge in [-0.1, -0.05) is 6.07 Å². The first kappa shape index (κ1) is 13.5. The lowest BCUT2D eigenvalue weighted by atomic mass is 10.0. The van der Waals surface area contributed by atoms with Gasteiger partial charge in [0.05, 0.1) is 23.8 Å². The fourth-order valence-corrected chi connectivity index (χ4v) is 2.17. The van der Waals surface area contributed by atoms with Crippen LogP contribution >= 0.6 is 0 Å². The smallest absolute Gasteiger partial charge is 0.137 e. The van der Waals surface area contributed by atoms with Crippen LogP contribution in [0, 0.1) is 0 Å². The number of aliphatic hydroxyl groups excluding tert-OH is 1. The summed E-state index contributed by atoms with van der Waals surface area (Å²) < 4.78 is 5.41. The zero-order chi connectivity index (χ0) is 14.7. The first-order valence-electron chi connectivity index (χ1n) is 6.74. The Morgan fingerprint density at radius 2 is 1.86 bits per heavy atom. The number of hydrogen-bond donors (Lipinski definition) is 1. The first-order chi connectivity index (χ1) is 10.3. The molecule has 0 saturated heterocycles. The Hall–Kier alpha value is -2.53. The van der Waals surface area contributed by atoms with E-state index in [9.17, 15) is 5.11 Å². The monoisotopic (exact) mass is 281 g/mol. The van der Waals surface area contributed by atoms with Crippen molar-refractivity contribution in [2.45, 2.75) is 13.0 Å². The first-order valence-corrected chi connectivity index (χ1v) is 6.74. The van der Waals surface area contributed by atoms with Gasteiger partial charge in [0, 0.05) is 24.2 Å². The molecule has 0 aliphatic heterocycles. The maximum absolute atomic E-state index is 10.5. The van der Waals surface area contributed by atoms with Gasteiger partial charge in [-0.15, -0.1) is 0 Å². The van der Waals surface area contributed by atoms with Crippen molar-refractivity contribution in [3.8, 4) is 5.75 Å². The number of benzene rings is 1. The highest BCUT2D eigenvalue weighted by Crippen LogP contribution is 2.25. The number of ether oxygens (including phenoxy) is 1. The van der Waals surface area contributed by atoms with Crippen LogP contribution in [0.3, 0.4) is 0 Å². The van der Waals surface area contributed by atoms with Gasteiger partial charge in [0.25, 0.3) is 0 Å². The van der Waals surface area contributed by atoms with E-state index in [0.29, 0.717) is 17.9 Å². The van der Waals surface area contributed by atoms with E-state index >= 15 is 0 Å². The molecule has 5 nitrogen and oxygen atoms in total. The van der Waals surface area contributed by atoms with Crippen molar-refractivity contribution in [1.82, 2.24) is 15.0 Å². The molecule has 3 rings (SSSR count). The molecule has 0 aliphatic rings. The molecule has 0 amide bonds. The van der Waals surface area contributed by atoms with Crippen molar-refractivity contribution in [2.75, 3.05) is 6.61 Å². The van der Waals surface area contributed by atoms with Gasteiger partial charge in [0.2, 0.25) is 0 Å². The van der Waals surface area contributed by atoms with Gasteiger partial charge in [-0.25, -0.2) is 0 Å². The zero-order valence-electron chi connectivity index (χ0n) is 11.6. The summed E-state index contributed by atoms with van der Waals surface area (Å²) in [5.41, 5.74) is 2.99. The summed E-state index contributed by atoms with van der Waals surface area (Å²) in [5, 5.41) is 10.5. The molecule has 5 heteroatoms. The SMILES string of the molecule is CCOc1cncc(C(O)c2ccc3nccnc3c2)c1. The third-order valence-corrected chi connectivity index (χ3v) is 3.17. The molecule has 1 aromatic carbocycles. The minimum absolute atomic E-state index is 0.562. The summed E-state index contributed by atoms with van der Waals surface area (Å²) in [7, 11) is 0. The van der Waals surface area contributed by atoms with E-state index in [1.165, 1.54) is 0 Å². The van der Waals surface area contributed by atoms with Crippen molar-refractivity contribution >= 4 is 11.0 Å². The van der Waals surface area contributed by atoms with Crippen LogP contribution < -0.4 is 4.74 Å². The standard InChI is InChI=1S/C16H15N3O2/c1-2-21-13-7-12(9-17-10-13)16(20)11-3-4-14-15(8-11)19-6-5-18-14/h3-10,16,20H,2H2,1H3. The summed E-state index contributed by atoms with van der Waals surface area (Å²) in [6, 6.07) is 7.32. The average Bonchev–Trinajstić information content (AvgIpc) is 2.54. The van der Waals surface area contributed by atoms with Crippen LogP contribution in [0.25, 0.3) is 11.0 Å². The zero-order valence-corrected chi connectivity index (χ0v) is 11.6. The van der Waals surface area contributed by atoms with Crippen LogP contribution in [-0.2, 0) is 0 Å². The largest absolute Gasteiger partial charge is 0.492 e. The van der Waals surface area contributed by atoms with E-state index in [0.717, 1.165) is 16.6 Å². The van der Waals surface area contributed by atoms with Crippen LogP contribution in [0.4, 0.5) is 0 Å². The van der Waals surface area contributed by atoms with E-state index in [4.69, 9.17) is 4.74 Å². The summed E-state index contributed by atoms with van der Waals surface area (Å²) in [6.07, 6.45) is 5.77. The third kappa shape index (κ3) is 2.83. The Balaban J connectivity index is 1.95. The number of hydrogen-bond acceptors (Lipinski definition) is 5. The van der Waals surface area contributed by atoms with Gasteiger partial charge in [-0.3, -0.25) is 15.0 Å². The maximum Gasteiger partial charge on any atom is 0.137 e. The minimum atomic E-state index is -0.774. The maximum atomic E-state index is 10.5. The predicted octanol–water partition coefficient (Wildman–Crippen LogP) is 2.51. The molecule has 2 heterocycles. The normalized spacial score (nSPS) is 12.3. The molecule has 1 N–H and O–H groups in total. The average molecular weight is 281 g/mol. The molecule has 0 aliphatic carbocycles. The number of rotatable bonds is 4. The van der Waals surface area contributed by atoms with Crippen LogP contribution in [-0.4, -0.2) is 26.7 Å². The van der Waals surface area contributed by atoms with Gasteiger partial charge in [-0.05, 0) is 30.7 Å². The van der Waals surface area contributed by atoms with Crippen molar-refractivity contribution in [3.63, 3.8) is 0 Å². The number of nitrogens with zero attached hydrogens (tertiary/aromatic N) is 3. The Morgan fingerprint density at radius 3 is 2.67 bits per heavy atom. The number of aromatic nitrogens is 3. The molecule has 0 spiro atoms. The Kier molecular flexibility index (Phi) is 3.75. The van der Waals surface area contributed by atoms with Crippen molar-refractivity contribution in [3.05, 3.63) is 60.2 Å². The quantitative estimate of drug-likeness (QED) is 0.795. The highest BCUT2D eigenvalue weighted by atomic mass is 16.5. The molecule has 106 valence electrons. The fraction of sp³-hybridized carbons (Fsp3) is 0.188. The van der Waals surface area contributed by atoms with E-state index in [2.05, 4.69) is 15.0 Å². The molecule has 0 fully saturated rings. The summed E-state index contributed by atoms with van der Waals surface area (Å²) in [6.45, 7) is 2.47. The molecule has 1 atom stereocenters. The van der Waals surface area contributed by atoms with Crippen molar-refractivity contribution < 1.29 is 9.84 Å². The topological polar surface area (TPSA) is 68.1 Å². The molecule has 3 aromatic rings. The lowest BCUT2D eigenvalue weighted by molar-refractivity contribution is 0.219. The van der Waals surface area contributed by atoms with E-state index in [1.54, 1.807) is 30.9 Å².